The van der Waals surface area contributed by atoms with Gasteiger partial charge < -0.3 is 20.5 Å². The quantitative estimate of drug-likeness (QED) is 0.486. The lowest BCUT2D eigenvalue weighted by Crippen LogP contribution is -2.22. The number of aromatic nitrogens is 1. The molecular weight excluding hydrogens is 340 g/mol. The Kier molecular flexibility index (Phi) is 6.25. The summed E-state index contributed by atoms with van der Waals surface area (Å²) in [5.74, 6) is 2.37. The fraction of sp³-hybridized carbons (Fsp3) is 0.143. The Balaban J connectivity index is 1.64. The van der Waals surface area contributed by atoms with Crippen LogP contribution >= 0.6 is 0 Å². The van der Waals surface area contributed by atoms with Crippen molar-refractivity contribution in [3.8, 4) is 17.4 Å². The molecule has 0 amide bonds. The van der Waals surface area contributed by atoms with Crippen LogP contribution in [0.4, 0.5) is 5.69 Å². The topological polar surface area (TPSA) is 81.8 Å². The van der Waals surface area contributed by atoms with Gasteiger partial charge in [-0.25, -0.2) is 9.98 Å². The molecule has 1 heterocycles. The Morgan fingerprint density at radius 2 is 1.85 bits per heavy atom. The van der Waals surface area contributed by atoms with E-state index in [1.54, 1.807) is 6.20 Å². The summed E-state index contributed by atoms with van der Waals surface area (Å²) in [6.07, 6.45) is 1.69. The molecule has 27 heavy (non-hydrogen) atoms. The summed E-state index contributed by atoms with van der Waals surface area (Å²) in [5.41, 5.74) is 7.69. The van der Waals surface area contributed by atoms with Gasteiger partial charge in [0.2, 0.25) is 5.88 Å². The van der Waals surface area contributed by atoms with Crippen LogP contribution in [0.1, 0.15) is 12.5 Å². The van der Waals surface area contributed by atoms with Crippen molar-refractivity contribution in [1.82, 2.24) is 4.98 Å². The minimum atomic E-state index is 0.304. The maximum absolute atomic E-state index is 6.02. The molecule has 3 aromatic rings. The molecule has 0 aliphatic heterocycles. The van der Waals surface area contributed by atoms with Gasteiger partial charge in [0.05, 0.1) is 13.2 Å². The first-order valence-corrected chi connectivity index (χ1v) is 8.71. The lowest BCUT2D eigenvalue weighted by molar-refractivity contribution is 0.323. The third-order valence-electron chi connectivity index (χ3n) is 3.64. The summed E-state index contributed by atoms with van der Waals surface area (Å²) < 4.78 is 11.3. The van der Waals surface area contributed by atoms with Crippen molar-refractivity contribution in [3.63, 3.8) is 0 Å². The molecule has 0 bridgehead atoms. The summed E-state index contributed by atoms with van der Waals surface area (Å²) >= 11 is 0. The van der Waals surface area contributed by atoms with Crippen LogP contribution in [-0.4, -0.2) is 17.6 Å². The molecule has 2 aromatic carbocycles. The number of guanidine groups is 1. The van der Waals surface area contributed by atoms with Gasteiger partial charge in [-0.15, -0.1) is 0 Å². The summed E-state index contributed by atoms with van der Waals surface area (Å²) in [4.78, 5) is 8.58. The Bertz CT molecular complexity index is 897. The number of nitrogens with zero attached hydrogens (tertiary/aromatic N) is 2. The molecule has 6 nitrogen and oxygen atoms in total. The minimum absolute atomic E-state index is 0.304. The van der Waals surface area contributed by atoms with Gasteiger partial charge >= 0.3 is 0 Å². The number of pyridine rings is 1. The zero-order valence-corrected chi connectivity index (χ0v) is 15.1. The summed E-state index contributed by atoms with van der Waals surface area (Å²) in [6.45, 7) is 2.85. The number of nitrogens with two attached hydrogens (primary N) is 1. The van der Waals surface area contributed by atoms with Gasteiger partial charge in [-0.2, -0.15) is 0 Å². The van der Waals surface area contributed by atoms with Crippen molar-refractivity contribution in [2.45, 2.75) is 13.5 Å². The molecular formula is C21H22N4O2. The maximum Gasteiger partial charge on any atom is 0.218 e. The molecule has 6 heteroatoms. The van der Waals surface area contributed by atoms with Gasteiger partial charge in [-0.3, -0.25) is 0 Å². The zero-order chi connectivity index (χ0) is 18.9. The zero-order valence-electron chi connectivity index (χ0n) is 15.1. The Morgan fingerprint density at radius 1 is 1.04 bits per heavy atom. The van der Waals surface area contributed by atoms with Crippen molar-refractivity contribution in [2.75, 3.05) is 11.9 Å². The van der Waals surface area contributed by atoms with E-state index in [9.17, 15) is 0 Å². The highest BCUT2D eigenvalue weighted by atomic mass is 16.5. The van der Waals surface area contributed by atoms with E-state index in [1.165, 1.54) is 0 Å². The van der Waals surface area contributed by atoms with Crippen molar-refractivity contribution in [2.24, 2.45) is 10.7 Å². The minimum Gasteiger partial charge on any atom is -0.478 e. The van der Waals surface area contributed by atoms with Crippen LogP contribution in [0.5, 0.6) is 17.4 Å². The third kappa shape index (κ3) is 5.47. The van der Waals surface area contributed by atoms with Crippen molar-refractivity contribution in [1.29, 1.82) is 0 Å². The van der Waals surface area contributed by atoms with Crippen molar-refractivity contribution >= 4 is 11.6 Å². The van der Waals surface area contributed by atoms with Crippen LogP contribution in [0.2, 0.25) is 0 Å². The number of hydrogen-bond donors (Lipinski definition) is 2. The van der Waals surface area contributed by atoms with Gasteiger partial charge in [0.15, 0.2) is 5.96 Å². The van der Waals surface area contributed by atoms with Crippen LogP contribution in [0.15, 0.2) is 77.9 Å². The molecule has 0 unspecified atom stereocenters. The molecule has 0 aliphatic carbocycles. The molecule has 0 spiro atoms. The Labute approximate surface area is 158 Å². The molecule has 3 N–H and O–H groups in total. The number of rotatable bonds is 7. The molecule has 0 fully saturated rings. The number of aliphatic imine (C=N–C) groups is 1. The van der Waals surface area contributed by atoms with E-state index in [0.717, 1.165) is 17.0 Å². The fourth-order valence-electron chi connectivity index (χ4n) is 2.43. The van der Waals surface area contributed by atoms with Gasteiger partial charge in [-0.05, 0) is 37.3 Å². The third-order valence-corrected chi connectivity index (χ3v) is 3.64. The second kappa shape index (κ2) is 9.24. The van der Waals surface area contributed by atoms with Gasteiger partial charge in [0, 0.05) is 23.5 Å². The molecule has 0 atom stereocenters. The van der Waals surface area contributed by atoms with Crippen LogP contribution in [0.3, 0.4) is 0 Å². The smallest absolute Gasteiger partial charge is 0.218 e. The van der Waals surface area contributed by atoms with Crippen LogP contribution < -0.4 is 20.5 Å². The standard InChI is InChI=1S/C21H22N4O2/c1-2-26-20-16(8-7-13-23-20)15-24-21(22)25-17-9-6-12-19(14-17)27-18-10-4-3-5-11-18/h3-14H,2,15H2,1H3,(H3,22,24,25). The second-order valence-electron chi connectivity index (χ2n) is 5.67. The predicted octanol–water partition coefficient (Wildman–Crippen LogP) is 4.20. The Hall–Kier alpha value is -3.54. The van der Waals surface area contributed by atoms with E-state index >= 15 is 0 Å². The molecule has 3 rings (SSSR count). The number of nitrogens with one attached hydrogen (secondary N) is 1. The number of para-hydroxylation sites is 1. The lowest BCUT2D eigenvalue weighted by atomic mass is 10.3. The van der Waals surface area contributed by atoms with Crippen LogP contribution in [-0.2, 0) is 6.54 Å². The maximum atomic E-state index is 6.02. The predicted molar refractivity (Wildman–Crippen MR) is 107 cm³/mol. The first-order valence-electron chi connectivity index (χ1n) is 8.71. The molecule has 0 saturated carbocycles. The van der Waals surface area contributed by atoms with Gasteiger partial charge in [0.25, 0.3) is 0 Å². The monoisotopic (exact) mass is 362 g/mol. The highest BCUT2D eigenvalue weighted by Crippen LogP contribution is 2.23. The van der Waals surface area contributed by atoms with Crippen LogP contribution in [0.25, 0.3) is 0 Å². The number of benzene rings is 2. The van der Waals surface area contributed by atoms with E-state index < -0.39 is 0 Å². The second-order valence-corrected chi connectivity index (χ2v) is 5.67. The first kappa shape index (κ1) is 18.3. The van der Waals surface area contributed by atoms with E-state index in [2.05, 4.69) is 15.3 Å². The fourth-order valence-corrected chi connectivity index (χ4v) is 2.43. The van der Waals surface area contributed by atoms with Crippen molar-refractivity contribution < 1.29 is 9.47 Å². The Morgan fingerprint density at radius 3 is 2.67 bits per heavy atom. The molecule has 0 saturated heterocycles. The SMILES string of the molecule is CCOc1ncccc1CN=C(N)Nc1cccc(Oc2ccccc2)c1. The molecule has 138 valence electrons. The van der Waals surface area contributed by atoms with Crippen LogP contribution in [0, 0.1) is 0 Å². The van der Waals surface area contributed by atoms with E-state index in [0.29, 0.717) is 30.7 Å². The average molecular weight is 362 g/mol. The van der Waals surface area contributed by atoms with E-state index in [1.807, 2.05) is 73.7 Å². The number of ether oxygens (including phenoxy) is 2. The largest absolute Gasteiger partial charge is 0.478 e. The first-order chi connectivity index (χ1) is 13.2. The summed E-state index contributed by atoms with van der Waals surface area (Å²) in [7, 11) is 0. The van der Waals surface area contributed by atoms with Gasteiger partial charge in [-0.1, -0.05) is 30.3 Å². The average Bonchev–Trinajstić information content (AvgIpc) is 2.69. The highest BCUT2D eigenvalue weighted by Gasteiger charge is 2.04. The molecule has 1 aromatic heterocycles. The number of anilines is 1. The number of hydrogen-bond acceptors (Lipinski definition) is 4. The summed E-state index contributed by atoms with van der Waals surface area (Å²) in [5, 5.41) is 3.08. The molecule has 0 radical (unpaired) electrons. The van der Waals surface area contributed by atoms with Gasteiger partial charge in [0.1, 0.15) is 11.5 Å². The van der Waals surface area contributed by atoms with E-state index in [4.69, 9.17) is 15.2 Å². The molecule has 0 aliphatic rings. The lowest BCUT2D eigenvalue weighted by Gasteiger charge is -2.10. The summed E-state index contributed by atoms with van der Waals surface area (Å²) in [6, 6.07) is 20.9. The normalized spacial score (nSPS) is 11.1. The van der Waals surface area contributed by atoms with Crippen molar-refractivity contribution in [3.05, 3.63) is 78.5 Å². The van der Waals surface area contributed by atoms with E-state index in [-0.39, 0.29) is 0 Å². The highest BCUT2D eigenvalue weighted by molar-refractivity contribution is 5.92.